The van der Waals surface area contributed by atoms with Crippen LogP contribution in [0.3, 0.4) is 0 Å². The maximum atomic E-state index is 2.45. The van der Waals surface area contributed by atoms with Gasteiger partial charge in [0.2, 0.25) is 0 Å². The molecule has 0 spiro atoms. The zero-order valence-electron chi connectivity index (χ0n) is 21.5. The lowest BCUT2D eigenvalue weighted by molar-refractivity contribution is 1.66. The molecule has 0 fully saturated rings. The summed E-state index contributed by atoms with van der Waals surface area (Å²) in [6.45, 7) is 0. The van der Waals surface area contributed by atoms with Gasteiger partial charge in [-0.2, -0.15) is 0 Å². The average molecular weight is 543 g/mol. The smallest absolute Gasteiger partial charge is 0.0362 e. The van der Waals surface area contributed by atoms with Crippen molar-refractivity contribution in [3.8, 4) is 22.3 Å². The van der Waals surface area contributed by atoms with Crippen molar-refractivity contribution in [3.05, 3.63) is 133 Å². The molecule has 0 saturated carbocycles. The SMILES string of the molecule is c1ccc(-c2c3ccccc3c(-c3ccc4sc5ccc6sc7ccccc7c6c5c4c3)c3ccccc23)cc1. The van der Waals surface area contributed by atoms with Crippen LogP contribution >= 0.6 is 22.7 Å². The van der Waals surface area contributed by atoms with Gasteiger partial charge >= 0.3 is 0 Å². The van der Waals surface area contributed by atoms with E-state index in [1.165, 1.54) is 84.1 Å². The fourth-order valence-electron chi connectivity index (χ4n) is 6.59. The van der Waals surface area contributed by atoms with Gasteiger partial charge in [0, 0.05) is 40.3 Å². The van der Waals surface area contributed by atoms with E-state index in [4.69, 9.17) is 0 Å². The zero-order valence-corrected chi connectivity index (χ0v) is 23.2. The van der Waals surface area contributed by atoms with Crippen LogP contribution < -0.4 is 0 Å². The number of rotatable bonds is 2. The highest BCUT2D eigenvalue weighted by Crippen LogP contribution is 2.47. The molecule has 9 aromatic rings. The summed E-state index contributed by atoms with van der Waals surface area (Å²) in [6.07, 6.45) is 0. The summed E-state index contributed by atoms with van der Waals surface area (Å²) in [6, 6.07) is 49.3. The Morgan fingerprint density at radius 1 is 0.300 bits per heavy atom. The molecule has 0 nitrogen and oxygen atoms in total. The highest BCUT2D eigenvalue weighted by Gasteiger charge is 2.18. The molecule has 7 aromatic carbocycles. The van der Waals surface area contributed by atoms with E-state index in [1.807, 2.05) is 22.7 Å². The molecule has 2 heteroatoms. The van der Waals surface area contributed by atoms with Gasteiger partial charge in [-0.3, -0.25) is 0 Å². The average Bonchev–Trinajstić information content (AvgIpc) is 3.58. The zero-order chi connectivity index (χ0) is 26.2. The minimum absolute atomic E-state index is 1.26. The summed E-state index contributed by atoms with van der Waals surface area (Å²) in [7, 11) is 0. The predicted octanol–water partition coefficient (Wildman–Crippen LogP) is 12.1. The molecule has 2 heterocycles. The van der Waals surface area contributed by atoms with Gasteiger partial charge < -0.3 is 0 Å². The first kappa shape index (κ1) is 22.3. The second-order valence-electron chi connectivity index (χ2n) is 10.4. The van der Waals surface area contributed by atoms with Gasteiger partial charge in [0.1, 0.15) is 0 Å². The fraction of sp³-hybridized carbons (Fsp3) is 0. The second-order valence-corrected chi connectivity index (χ2v) is 12.6. The summed E-state index contributed by atoms with van der Waals surface area (Å²) in [5.74, 6) is 0. The summed E-state index contributed by atoms with van der Waals surface area (Å²) in [5, 5.41) is 10.7. The van der Waals surface area contributed by atoms with Gasteiger partial charge in [-0.05, 0) is 74.1 Å². The summed E-state index contributed by atoms with van der Waals surface area (Å²) in [4.78, 5) is 0. The van der Waals surface area contributed by atoms with Crippen molar-refractivity contribution >= 4 is 84.6 Å². The van der Waals surface area contributed by atoms with Gasteiger partial charge in [0.25, 0.3) is 0 Å². The van der Waals surface area contributed by atoms with Crippen LogP contribution in [-0.2, 0) is 0 Å². The van der Waals surface area contributed by atoms with Crippen LogP contribution in [0.1, 0.15) is 0 Å². The molecule has 0 aliphatic rings. The van der Waals surface area contributed by atoms with Crippen LogP contribution in [0.5, 0.6) is 0 Å². The van der Waals surface area contributed by atoms with E-state index in [0.717, 1.165) is 0 Å². The molecule has 9 rings (SSSR count). The third-order valence-corrected chi connectivity index (χ3v) is 10.5. The van der Waals surface area contributed by atoms with Gasteiger partial charge in [0.15, 0.2) is 0 Å². The monoisotopic (exact) mass is 542 g/mol. The molecule has 2 aromatic heterocycles. The Morgan fingerprint density at radius 3 is 1.38 bits per heavy atom. The minimum atomic E-state index is 1.26. The molecule has 0 N–H and O–H groups in total. The van der Waals surface area contributed by atoms with Crippen molar-refractivity contribution in [2.24, 2.45) is 0 Å². The first-order chi connectivity index (χ1) is 19.8. The standard InChI is InChI=1S/C38H22S2/c1-2-10-23(11-3-1)35-25-12-4-6-14-27(25)36(28-15-7-5-13-26(28)35)24-18-19-32-30(22-24)38-34(40-32)21-20-33-37(38)29-16-8-9-17-31(29)39-33/h1-22H. The molecule has 0 atom stereocenters. The van der Waals surface area contributed by atoms with Crippen molar-refractivity contribution in [2.75, 3.05) is 0 Å². The van der Waals surface area contributed by atoms with E-state index in [1.54, 1.807) is 0 Å². The van der Waals surface area contributed by atoms with Crippen LogP contribution in [0, 0.1) is 0 Å². The highest BCUT2D eigenvalue weighted by atomic mass is 32.1. The first-order valence-corrected chi connectivity index (χ1v) is 15.2. The van der Waals surface area contributed by atoms with Gasteiger partial charge in [-0.1, -0.05) is 103 Å². The second kappa shape index (κ2) is 8.50. The van der Waals surface area contributed by atoms with E-state index in [0.29, 0.717) is 0 Å². The number of hydrogen-bond acceptors (Lipinski definition) is 2. The molecular formula is C38H22S2. The molecule has 40 heavy (non-hydrogen) atoms. The number of fused-ring (bicyclic) bond motifs is 9. The molecule has 0 aliphatic carbocycles. The van der Waals surface area contributed by atoms with Crippen molar-refractivity contribution in [1.29, 1.82) is 0 Å². The number of hydrogen-bond donors (Lipinski definition) is 0. The van der Waals surface area contributed by atoms with Crippen LogP contribution in [0.25, 0.3) is 84.1 Å². The predicted molar refractivity (Wildman–Crippen MR) is 178 cm³/mol. The molecule has 0 unspecified atom stereocenters. The largest absolute Gasteiger partial charge is 0.135 e. The first-order valence-electron chi connectivity index (χ1n) is 13.6. The topological polar surface area (TPSA) is 0 Å². The lowest BCUT2D eigenvalue weighted by atomic mass is 9.86. The third-order valence-electron chi connectivity index (χ3n) is 8.26. The Hall–Kier alpha value is -4.50. The summed E-state index contributed by atoms with van der Waals surface area (Å²) in [5.41, 5.74) is 5.15. The Morgan fingerprint density at radius 2 is 0.750 bits per heavy atom. The number of thiophene rings is 2. The van der Waals surface area contributed by atoms with E-state index >= 15 is 0 Å². The van der Waals surface area contributed by atoms with Crippen molar-refractivity contribution < 1.29 is 0 Å². The Balaban J connectivity index is 1.42. The molecular weight excluding hydrogens is 521 g/mol. The van der Waals surface area contributed by atoms with E-state index in [-0.39, 0.29) is 0 Å². The van der Waals surface area contributed by atoms with Crippen molar-refractivity contribution in [3.63, 3.8) is 0 Å². The van der Waals surface area contributed by atoms with E-state index in [9.17, 15) is 0 Å². The van der Waals surface area contributed by atoms with Gasteiger partial charge in [-0.15, -0.1) is 22.7 Å². The lowest BCUT2D eigenvalue weighted by Crippen LogP contribution is -1.90. The maximum absolute atomic E-state index is 2.45. The summed E-state index contributed by atoms with van der Waals surface area (Å²) >= 11 is 3.80. The lowest BCUT2D eigenvalue weighted by Gasteiger charge is -2.17. The molecule has 0 bridgehead atoms. The van der Waals surface area contributed by atoms with Gasteiger partial charge in [0.05, 0.1) is 0 Å². The molecule has 0 aliphatic heterocycles. The molecule has 0 saturated heterocycles. The Bertz CT molecular complexity index is 2370. The van der Waals surface area contributed by atoms with Crippen LogP contribution in [-0.4, -0.2) is 0 Å². The quantitative estimate of drug-likeness (QED) is 0.191. The van der Waals surface area contributed by atoms with Crippen LogP contribution in [0.4, 0.5) is 0 Å². The minimum Gasteiger partial charge on any atom is -0.135 e. The normalized spacial score (nSPS) is 12.0. The maximum Gasteiger partial charge on any atom is 0.0362 e. The van der Waals surface area contributed by atoms with Crippen molar-refractivity contribution in [1.82, 2.24) is 0 Å². The third kappa shape index (κ3) is 3.12. The summed E-state index contributed by atoms with van der Waals surface area (Å²) < 4.78 is 5.42. The van der Waals surface area contributed by atoms with Crippen molar-refractivity contribution in [2.45, 2.75) is 0 Å². The molecule has 0 amide bonds. The van der Waals surface area contributed by atoms with Crippen LogP contribution in [0.15, 0.2) is 133 Å². The molecule has 186 valence electrons. The number of benzene rings is 7. The van der Waals surface area contributed by atoms with Gasteiger partial charge in [-0.25, -0.2) is 0 Å². The highest BCUT2D eigenvalue weighted by molar-refractivity contribution is 7.28. The Kier molecular flexibility index (Phi) is 4.74. The molecule has 0 radical (unpaired) electrons. The van der Waals surface area contributed by atoms with E-state index in [2.05, 4.69) is 133 Å². The van der Waals surface area contributed by atoms with E-state index < -0.39 is 0 Å². The fourth-order valence-corrected chi connectivity index (χ4v) is 8.80. The van der Waals surface area contributed by atoms with Crippen LogP contribution in [0.2, 0.25) is 0 Å². The Labute approximate surface area is 239 Å².